The number of benzene rings is 1. The standard InChI is InChI=1S/C18H22N4O3/c1-4-25-18(24)13-5-7-14(8-6-13)22-17(23)15-10-21-16(11-19-15)20-9-12(2)3/h5-8,10-12H,4,9H2,1-3H3,(H,20,21)(H,22,23). The van der Waals surface area contributed by atoms with Crippen LogP contribution >= 0.6 is 0 Å². The molecule has 25 heavy (non-hydrogen) atoms. The third-order valence-corrected chi connectivity index (χ3v) is 3.23. The average Bonchev–Trinajstić information content (AvgIpc) is 2.61. The molecule has 1 aromatic heterocycles. The summed E-state index contributed by atoms with van der Waals surface area (Å²) in [5.41, 5.74) is 1.20. The van der Waals surface area contributed by atoms with Crippen LogP contribution in [0.5, 0.6) is 0 Å². The molecule has 1 aromatic carbocycles. The van der Waals surface area contributed by atoms with Crippen LogP contribution in [0, 0.1) is 5.92 Å². The minimum absolute atomic E-state index is 0.213. The smallest absolute Gasteiger partial charge is 0.338 e. The number of nitrogens with one attached hydrogen (secondary N) is 2. The highest BCUT2D eigenvalue weighted by molar-refractivity contribution is 6.03. The van der Waals surface area contributed by atoms with Crippen molar-refractivity contribution in [3.05, 3.63) is 47.9 Å². The molecule has 2 rings (SSSR count). The van der Waals surface area contributed by atoms with Gasteiger partial charge in [0, 0.05) is 12.2 Å². The first kappa shape index (κ1) is 18.4. The molecule has 2 N–H and O–H groups in total. The molecule has 0 spiro atoms. The summed E-state index contributed by atoms with van der Waals surface area (Å²) in [6, 6.07) is 6.46. The van der Waals surface area contributed by atoms with Crippen LogP contribution in [0.25, 0.3) is 0 Å². The lowest BCUT2D eigenvalue weighted by atomic mass is 10.2. The lowest BCUT2D eigenvalue weighted by Crippen LogP contribution is -2.15. The summed E-state index contributed by atoms with van der Waals surface area (Å²) < 4.78 is 4.91. The fraction of sp³-hybridized carbons (Fsp3) is 0.333. The lowest BCUT2D eigenvalue weighted by Gasteiger charge is -2.08. The average molecular weight is 342 g/mol. The molecule has 0 fully saturated rings. The molecule has 132 valence electrons. The first-order chi connectivity index (χ1) is 12.0. The maximum absolute atomic E-state index is 12.2. The second-order valence-electron chi connectivity index (χ2n) is 5.81. The molecule has 7 heteroatoms. The van der Waals surface area contributed by atoms with E-state index in [1.165, 1.54) is 12.4 Å². The van der Waals surface area contributed by atoms with Crippen LogP contribution in [0.1, 0.15) is 41.6 Å². The van der Waals surface area contributed by atoms with Gasteiger partial charge in [-0.2, -0.15) is 0 Å². The summed E-state index contributed by atoms with van der Waals surface area (Å²) in [6.45, 7) is 7.03. The Kier molecular flexibility index (Phi) is 6.45. The summed E-state index contributed by atoms with van der Waals surface area (Å²) in [4.78, 5) is 32.1. The van der Waals surface area contributed by atoms with Gasteiger partial charge in [0.15, 0.2) is 0 Å². The van der Waals surface area contributed by atoms with Crippen molar-refractivity contribution in [1.82, 2.24) is 9.97 Å². The van der Waals surface area contributed by atoms with Gasteiger partial charge in [0.1, 0.15) is 11.5 Å². The number of carbonyl (C=O) groups excluding carboxylic acids is 2. The van der Waals surface area contributed by atoms with E-state index in [0.717, 1.165) is 6.54 Å². The van der Waals surface area contributed by atoms with Crippen molar-refractivity contribution in [2.45, 2.75) is 20.8 Å². The van der Waals surface area contributed by atoms with Crippen molar-refractivity contribution >= 4 is 23.4 Å². The molecule has 0 aliphatic carbocycles. The van der Waals surface area contributed by atoms with Gasteiger partial charge in [0.2, 0.25) is 0 Å². The van der Waals surface area contributed by atoms with Gasteiger partial charge >= 0.3 is 5.97 Å². The molecule has 0 saturated carbocycles. The molecule has 2 aromatic rings. The number of ether oxygens (including phenoxy) is 1. The molecule has 0 bridgehead atoms. The number of hydrogen-bond donors (Lipinski definition) is 2. The van der Waals surface area contributed by atoms with Crippen molar-refractivity contribution in [1.29, 1.82) is 0 Å². The van der Waals surface area contributed by atoms with E-state index in [1.54, 1.807) is 31.2 Å². The van der Waals surface area contributed by atoms with Gasteiger partial charge in [0.25, 0.3) is 5.91 Å². The van der Waals surface area contributed by atoms with Crippen LogP contribution in [0.4, 0.5) is 11.5 Å². The molecule has 0 aliphatic rings. The molecule has 1 amide bonds. The van der Waals surface area contributed by atoms with Crippen molar-refractivity contribution in [3.8, 4) is 0 Å². The number of hydrogen-bond acceptors (Lipinski definition) is 6. The van der Waals surface area contributed by atoms with E-state index < -0.39 is 5.97 Å². The second kappa shape index (κ2) is 8.77. The van der Waals surface area contributed by atoms with E-state index in [0.29, 0.717) is 29.6 Å². The van der Waals surface area contributed by atoms with Crippen molar-refractivity contribution in [2.75, 3.05) is 23.8 Å². The van der Waals surface area contributed by atoms with Crippen LogP contribution in [0.2, 0.25) is 0 Å². The molecule has 0 atom stereocenters. The van der Waals surface area contributed by atoms with E-state index in [4.69, 9.17) is 4.74 Å². The Bertz CT molecular complexity index is 712. The predicted octanol–water partition coefficient (Wildman–Crippen LogP) is 2.97. The van der Waals surface area contributed by atoms with E-state index >= 15 is 0 Å². The summed E-state index contributed by atoms with van der Waals surface area (Å²) in [5.74, 6) is 0.355. The minimum Gasteiger partial charge on any atom is -0.462 e. The number of nitrogens with zero attached hydrogens (tertiary/aromatic N) is 2. The van der Waals surface area contributed by atoms with Gasteiger partial charge in [-0.3, -0.25) is 4.79 Å². The van der Waals surface area contributed by atoms with Crippen molar-refractivity contribution < 1.29 is 14.3 Å². The van der Waals surface area contributed by atoms with Gasteiger partial charge in [-0.15, -0.1) is 0 Å². The zero-order valence-electron chi connectivity index (χ0n) is 14.6. The Hall–Kier alpha value is -2.96. The molecule has 0 saturated heterocycles. The van der Waals surface area contributed by atoms with Crippen LogP contribution in [0.15, 0.2) is 36.7 Å². The Balaban J connectivity index is 1.96. The van der Waals surface area contributed by atoms with Crippen molar-refractivity contribution in [2.24, 2.45) is 5.92 Å². The summed E-state index contributed by atoms with van der Waals surface area (Å²) in [5, 5.41) is 5.85. The highest BCUT2D eigenvalue weighted by Crippen LogP contribution is 2.12. The first-order valence-electron chi connectivity index (χ1n) is 8.14. The topological polar surface area (TPSA) is 93.2 Å². The molecular weight excluding hydrogens is 320 g/mol. The van der Waals surface area contributed by atoms with Gasteiger partial charge in [0.05, 0.1) is 24.6 Å². The van der Waals surface area contributed by atoms with Gasteiger partial charge in [-0.1, -0.05) is 13.8 Å². The lowest BCUT2D eigenvalue weighted by molar-refractivity contribution is 0.0526. The normalized spacial score (nSPS) is 10.4. The zero-order valence-corrected chi connectivity index (χ0v) is 14.6. The first-order valence-corrected chi connectivity index (χ1v) is 8.14. The molecule has 0 unspecified atom stereocenters. The van der Waals surface area contributed by atoms with Crippen LogP contribution < -0.4 is 10.6 Å². The van der Waals surface area contributed by atoms with Crippen LogP contribution in [-0.2, 0) is 4.74 Å². The highest BCUT2D eigenvalue weighted by atomic mass is 16.5. The van der Waals surface area contributed by atoms with E-state index in [-0.39, 0.29) is 11.6 Å². The van der Waals surface area contributed by atoms with E-state index in [9.17, 15) is 9.59 Å². The fourth-order valence-corrected chi connectivity index (χ4v) is 1.94. The summed E-state index contributed by atoms with van der Waals surface area (Å²) in [6.07, 6.45) is 2.95. The Morgan fingerprint density at radius 3 is 2.40 bits per heavy atom. The maximum Gasteiger partial charge on any atom is 0.338 e. The van der Waals surface area contributed by atoms with Crippen molar-refractivity contribution in [3.63, 3.8) is 0 Å². The third kappa shape index (κ3) is 5.56. The highest BCUT2D eigenvalue weighted by Gasteiger charge is 2.10. The monoisotopic (exact) mass is 342 g/mol. The molecule has 0 radical (unpaired) electrons. The predicted molar refractivity (Wildman–Crippen MR) is 95.7 cm³/mol. The Morgan fingerprint density at radius 2 is 1.84 bits per heavy atom. The number of carbonyl (C=O) groups is 2. The summed E-state index contributed by atoms with van der Waals surface area (Å²) in [7, 11) is 0. The van der Waals surface area contributed by atoms with Crippen LogP contribution in [-0.4, -0.2) is 35.0 Å². The number of esters is 1. The quantitative estimate of drug-likeness (QED) is 0.752. The van der Waals surface area contributed by atoms with Crippen LogP contribution in [0.3, 0.4) is 0 Å². The number of amides is 1. The molecule has 0 aliphatic heterocycles. The SMILES string of the molecule is CCOC(=O)c1ccc(NC(=O)c2cnc(NCC(C)C)cn2)cc1. The van der Waals surface area contributed by atoms with Gasteiger partial charge < -0.3 is 15.4 Å². The van der Waals surface area contributed by atoms with Gasteiger partial charge in [-0.25, -0.2) is 14.8 Å². The largest absolute Gasteiger partial charge is 0.462 e. The number of aromatic nitrogens is 2. The third-order valence-electron chi connectivity index (χ3n) is 3.23. The zero-order chi connectivity index (χ0) is 18.2. The fourth-order valence-electron chi connectivity index (χ4n) is 1.94. The summed E-state index contributed by atoms with van der Waals surface area (Å²) >= 11 is 0. The van der Waals surface area contributed by atoms with Gasteiger partial charge in [-0.05, 0) is 37.1 Å². The molecule has 1 heterocycles. The minimum atomic E-state index is -0.393. The molecule has 7 nitrogen and oxygen atoms in total. The molecular formula is C18H22N4O3. The van der Waals surface area contributed by atoms with E-state index in [1.807, 2.05) is 0 Å². The second-order valence-corrected chi connectivity index (χ2v) is 5.81. The Morgan fingerprint density at radius 1 is 1.12 bits per heavy atom. The maximum atomic E-state index is 12.2. The number of rotatable bonds is 7. The van der Waals surface area contributed by atoms with E-state index in [2.05, 4.69) is 34.4 Å². The Labute approximate surface area is 146 Å². The number of anilines is 2.